The zero-order chi connectivity index (χ0) is 15.8. The zero-order valence-corrected chi connectivity index (χ0v) is 14.5. The summed E-state index contributed by atoms with van der Waals surface area (Å²) in [6.07, 6.45) is 7.34. The van der Waals surface area contributed by atoms with Crippen LogP contribution in [0.15, 0.2) is 30.5 Å². The van der Waals surface area contributed by atoms with Crippen LogP contribution in [0.1, 0.15) is 22.5 Å². The van der Waals surface area contributed by atoms with Crippen molar-refractivity contribution in [2.24, 2.45) is 0 Å². The van der Waals surface area contributed by atoms with Crippen molar-refractivity contribution in [2.45, 2.75) is 26.4 Å². The predicted octanol–water partition coefficient (Wildman–Crippen LogP) is 4.42. The van der Waals surface area contributed by atoms with Gasteiger partial charge < -0.3 is 9.88 Å². The van der Waals surface area contributed by atoms with Gasteiger partial charge in [-0.15, -0.1) is 11.3 Å². The average Bonchev–Trinajstić information content (AvgIpc) is 3.06. The Balaban J connectivity index is 1.67. The average molecular weight is 344 g/mol. The first kappa shape index (κ1) is 14.9. The number of aryl methyl sites for hydroxylation is 1. The molecule has 0 atom stereocenters. The lowest BCUT2D eigenvalue weighted by molar-refractivity contribution is 0.614. The number of hydrogen-bond donors (Lipinski definition) is 1. The van der Waals surface area contributed by atoms with Crippen LogP contribution < -0.4 is 5.32 Å². The van der Waals surface area contributed by atoms with Crippen molar-refractivity contribution in [3.63, 3.8) is 0 Å². The Morgan fingerprint density at radius 3 is 3.17 bits per heavy atom. The Hall–Kier alpha value is -1.62. The highest BCUT2D eigenvalue weighted by Crippen LogP contribution is 2.37. The molecule has 23 heavy (non-hydrogen) atoms. The van der Waals surface area contributed by atoms with Gasteiger partial charge in [0, 0.05) is 49.0 Å². The Morgan fingerprint density at radius 1 is 1.43 bits per heavy atom. The smallest absolute Gasteiger partial charge is 0.105 e. The van der Waals surface area contributed by atoms with Crippen LogP contribution in [-0.4, -0.2) is 16.1 Å². The summed E-state index contributed by atoms with van der Waals surface area (Å²) in [6, 6.07) is 6.25. The van der Waals surface area contributed by atoms with Gasteiger partial charge >= 0.3 is 0 Å². The molecule has 1 aliphatic rings. The van der Waals surface area contributed by atoms with Crippen molar-refractivity contribution in [1.29, 1.82) is 0 Å². The van der Waals surface area contributed by atoms with Crippen molar-refractivity contribution in [1.82, 2.24) is 14.9 Å². The lowest BCUT2D eigenvalue weighted by Gasteiger charge is -2.16. The first-order valence-corrected chi connectivity index (χ1v) is 9.01. The van der Waals surface area contributed by atoms with E-state index in [-0.39, 0.29) is 0 Å². The summed E-state index contributed by atoms with van der Waals surface area (Å²) in [4.78, 5) is 5.62. The van der Waals surface area contributed by atoms with E-state index >= 15 is 0 Å². The SMILES string of the molecule is Cc1ccc(/C=C/Cn2c3c(c4cc(Cl)sc42)CNCC3)cn1. The molecule has 5 heteroatoms. The van der Waals surface area contributed by atoms with Gasteiger partial charge in [-0.2, -0.15) is 0 Å². The second kappa shape index (κ2) is 6.11. The van der Waals surface area contributed by atoms with Gasteiger partial charge in [0.15, 0.2) is 0 Å². The van der Waals surface area contributed by atoms with E-state index < -0.39 is 0 Å². The van der Waals surface area contributed by atoms with Gasteiger partial charge in [0.25, 0.3) is 0 Å². The normalized spacial score (nSPS) is 14.7. The molecule has 1 aliphatic heterocycles. The summed E-state index contributed by atoms with van der Waals surface area (Å²) in [6.45, 7) is 4.86. The van der Waals surface area contributed by atoms with Gasteiger partial charge in [-0.1, -0.05) is 29.8 Å². The van der Waals surface area contributed by atoms with Gasteiger partial charge in [0.1, 0.15) is 4.83 Å². The molecule has 3 aromatic rings. The monoisotopic (exact) mass is 343 g/mol. The van der Waals surface area contributed by atoms with Crippen molar-refractivity contribution < 1.29 is 0 Å². The number of allylic oxidation sites excluding steroid dienone is 1. The van der Waals surface area contributed by atoms with Gasteiger partial charge in [0.05, 0.1) is 4.34 Å². The van der Waals surface area contributed by atoms with E-state index in [1.54, 1.807) is 11.3 Å². The fourth-order valence-electron chi connectivity index (χ4n) is 3.18. The van der Waals surface area contributed by atoms with Crippen molar-refractivity contribution in [3.05, 3.63) is 57.3 Å². The molecular formula is C18H18ClN3S. The Kier molecular flexibility index (Phi) is 3.97. The molecule has 3 nitrogen and oxygen atoms in total. The summed E-state index contributed by atoms with van der Waals surface area (Å²) < 4.78 is 3.28. The molecule has 0 saturated heterocycles. The van der Waals surface area contributed by atoms with Crippen molar-refractivity contribution >= 4 is 39.2 Å². The number of aromatic nitrogens is 2. The predicted molar refractivity (Wildman–Crippen MR) is 98.2 cm³/mol. The van der Waals surface area contributed by atoms with E-state index in [0.29, 0.717) is 0 Å². The minimum Gasteiger partial charge on any atom is -0.332 e. The topological polar surface area (TPSA) is 29.9 Å². The number of halogens is 1. The highest BCUT2D eigenvalue weighted by molar-refractivity contribution is 7.22. The third-order valence-electron chi connectivity index (χ3n) is 4.30. The van der Waals surface area contributed by atoms with Crippen LogP contribution in [0.2, 0.25) is 4.34 Å². The maximum absolute atomic E-state index is 6.24. The van der Waals surface area contributed by atoms with Gasteiger partial charge in [0.2, 0.25) is 0 Å². The van der Waals surface area contributed by atoms with Gasteiger partial charge in [-0.05, 0) is 30.2 Å². The summed E-state index contributed by atoms with van der Waals surface area (Å²) in [7, 11) is 0. The molecule has 0 unspecified atom stereocenters. The van der Waals surface area contributed by atoms with Crippen LogP contribution in [0.3, 0.4) is 0 Å². The summed E-state index contributed by atoms with van der Waals surface area (Å²) in [5.74, 6) is 0. The number of pyridine rings is 1. The lowest BCUT2D eigenvalue weighted by Crippen LogP contribution is -2.24. The quantitative estimate of drug-likeness (QED) is 0.763. The molecular weight excluding hydrogens is 326 g/mol. The Bertz CT molecular complexity index is 874. The molecule has 0 aromatic carbocycles. The minimum absolute atomic E-state index is 0.865. The largest absolute Gasteiger partial charge is 0.332 e. The van der Waals surface area contributed by atoms with E-state index in [4.69, 9.17) is 11.6 Å². The Labute approximate surface area is 144 Å². The lowest BCUT2D eigenvalue weighted by atomic mass is 10.1. The van der Waals surface area contributed by atoms with Crippen LogP contribution in [0.5, 0.6) is 0 Å². The first-order valence-electron chi connectivity index (χ1n) is 7.81. The molecule has 0 amide bonds. The molecule has 0 saturated carbocycles. The van der Waals surface area contributed by atoms with Crippen LogP contribution >= 0.6 is 22.9 Å². The second-order valence-corrected chi connectivity index (χ2v) is 7.53. The number of hydrogen-bond acceptors (Lipinski definition) is 3. The molecule has 4 rings (SSSR count). The van der Waals surface area contributed by atoms with E-state index in [9.17, 15) is 0 Å². The van der Waals surface area contributed by atoms with Crippen LogP contribution in [0.4, 0.5) is 0 Å². The minimum atomic E-state index is 0.865. The van der Waals surface area contributed by atoms with E-state index in [0.717, 1.165) is 41.6 Å². The number of nitrogens with zero attached hydrogens (tertiary/aromatic N) is 2. The zero-order valence-electron chi connectivity index (χ0n) is 13.0. The molecule has 3 aromatic heterocycles. The number of fused-ring (bicyclic) bond motifs is 3. The number of thiophene rings is 1. The summed E-state index contributed by atoms with van der Waals surface area (Å²) >= 11 is 7.92. The highest BCUT2D eigenvalue weighted by Gasteiger charge is 2.20. The number of nitrogens with one attached hydrogen (secondary N) is 1. The maximum Gasteiger partial charge on any atom is 0.105 e. The maximum atomic E-state index is 6.24. The Morgan fingerprint density at radius 2 is 2.35 bits per heavy atom. The fourth-order valence-corrected chi connectivity index (χ4v) is 4.45. The van der Waals surface area contributed by atoms with Crippen LogP contribution in [-0.2, 0) is 19.5 Å². The molecule has 0 fully saturated rings. The third-order valence-corrected chi connectivity index (χ3v) is 5.59. The molecule has 0 aliphatic carbocycles. The molecule has 0 radical (unpaired) electrons. The molecule has 1 N–H and O–H groups in total. The van der Waals surface area contributed by atoms with Crippen LogP contribution in [0, 0.1) is 6.92 Å². The summed E-state index contributed by atoms with van der Waals surface area (Å²) in [5, 5.41) is 4.78. The molecule has 118 valence electrons. The third kappa shape index (κ3) is 2.82. The van der Waals surface area contributed by atoms with E-state index in [1.807, 2.05) is 19.2 Å². The van der Waals surface area contributed by atoms with Crippen molar-refractivity contribution in [2.75, 3.05) is 6.54 Å². The fraction of sp³-hybridized carbons (Fsp3) is 0.278. The molecule has 0 bridgehead atoms. The summed E-state index contributed by atoms with van der Waals surface area (Å²) in [5.41, 5.74) is 5.05. The van der Waals surface area contributed by atoms with E-state index in [2.05, 4.69) is 39.2 Å². The standard InChI is InChI=1S/C18H18ClN3S/c1-12-4-5-13(10-21-12)3-2-8-22-16-6-7-20-11-15(16)14-9-17(19)23-18(14)22/h2-5,9-10,20H,6-8,11H2,1H3/b3-2+. The molecule has 4 heterocycles. The van der Waals surface area contributed by atoms with Gasteiger partial charge in [-0.3, -0.25) is 4.98 Å². The van der Waals surface area contributed by atoms with Crippen LogP contribution in [0.25, 0.3) is 16.3 Å². The van der Waals surface area contributed by atoms with Gasteiger partial charge in [-0.25, -0.2) is 0 Å². The second-order valence-electron chi connectivity index (χ2n) is 5.87. The molecule has 0 spiro atoms. The number of rotatable bonds is 3. The van der Waals surface area contributed by atoms with Crippen molar-refractivity contribution in [3.8, 4) is 0 Å². The van der Waals surface area contributed by atoms with E-state index in [1.165, 1.54) is 21.5 Å². The highest BCUT2D eigenvalue weighted by atomic mass is 35.5. The first-order chi connectivity index (χ1) is 11.2.